The van der Waals surface area contributed by atoms with Gasteiger partial charge >= 0.3 is 0 Å². The molecular weight excluding hydrogens is 151 g/mol. The van der Waals surface area contributed by atoms with Crippen molar-refractivity contribution in [2.24, 2.45) is 0 Å². The summed E-state index contributed by atoms with van der Waals surface area (Å²) in [4.78, 5) is 0. The SMILES string of the molecule is C#Cc1c(F)cccc1Cl. The summed E-state index contributed by atoms with van der Waals surface area (Å²) < 4.78 is 12.6. The Morgan fingerprint density at radius 2 is 2.20 bits per heavy atom. The quantitative estimate of drug-likeness (QED) is 0.504. The van der Waals surface area contributed by atoms with E-state index >= 15 is 0 Å². The summed E-state index contributed by atoms with van der Waals surface area (Å²) in [5, 5.41) is 0.280. The van der Waals surface area contributed by atoms with E-state index in [0.717, 1.165) is 0 Å². The zero-order valence-corrected chi connectivity index (χ0v) is 5.82. The minimum Gasteiger partial charge on any atom is -0.206 e. The summed E-state index contributed by atoms with van der Waals surface area (Å²) in [6.07, 6.45) is 4.98. The predicted molar refractivity (Wildman–Crippen MR) is 39.3 cm³/mol. The molecule has 1 aromatic carbocycles. The molecule has 0 radical (unpaired) electrons. The summed E-state index contributed by atoms with van der Waals surface area (Å²) in [5.74, 6) is 1.71. The van der Waals surface area contributed by atoms with Crippen LogP contribution in [0.5, 0.6) is 0 Å². The second-order valence-corrected chi connectivity index (χ2v) is 2.15. The Morgan fingerprint density at radius 1 is 1.50 bits per heavy atom. The molecule has 0 saturated carbocycles. The van der Waals surface area contributed by atoms with E-state index in [4.69, 9.17) is 18.0 Å². The highest BCUT2D eigenvalue weighted by Gasteiger charge is 2.01. The van der Waals surface area contributed by atoms with Crippen molar-refractivity contribution in [1.82, 2.24) is 0 Å². The first-order valence-electron chi connectivity index (χ1n) is 2.66. The number of hydrogen-bond acceptors (Lipinski definition) is 0. The van der Waals surface area contributed by atoms with Gasteiger partial charge in [-0.2, -0.15) is 0 Å². The number of rotatable bonds is 0. The van der Waals surface area contributed by atoms with E-state index in [9.17, 15) is 4.39 Å². The van der Waals surface area contributed by atoms with Crippen molar-refractivity contribution in [1.29, 1.82) is 0 Å². The highest BCUT2D eigenvalue weighted by atomic mass is 35.5. The molecule has 10 heavy (non-hydrogen) atoms. The average Bonchev–Trinajstić information content (AvgIpc) is 1.88. The van der Waals surface area contributed by atoms with Crippen LogP contribution in [0.4, 0.5) is 4.39 Å². The van der Waals surface area contributed by atoms with Crippen molar-refractivity contribution in [2.75, 3.05) is 0 Å². The molecule has 0 fully saturated rings. The summed E-state index contributed by atoms with van der Waals surface area (Å²) in [7, 11) is 0. The van der Waals surface area contributed by atoms with Crippen LogP contribution < -0.4 is 0 Å². The predicted octanol–water partition coefficient (Wildman–Crippen LogP) is 2.46. The second kappa shape index (κ2) is 2.72. The van der Waals surface area contributed by atoms with E-state index in [0.29, 0.717) is 0 Å². The van der Waals surface area contributed by atoms with Crippen molar-refractivity contribution < 1.29 is 4.39 Å². The van der Waals surface area contributed by atoms with Crippen LogP contribution in [0.1, 0.15) is 5.56 Å². The highest BCUT2D eigenvalue weighted by molar-refractivity contribution is 6.31. The van der Waals surface area contributed by atoms with Crippen LogP contribution in [0, 0.1) is 18.2 Å². The number of terminal acetylenes is 1. The largest absolute Gasteiger partial charge is 0.206 e. The van der Waals surface area contributed by atoms with Crippen LogP contribution in [0.3, 0.4) is 0 Å². The third kappa shape index (κ3) is 1.12. The van der Waals surface area contributed by atoms with E-state index in [-0.39, 0.29) is 10.6 Å². The standard InChI is InChI=1S/C8H4ClF/c1-2-6-7(9)4-3-5-8(6)10/h1,3-5H. The maximum absolute atomic E-state index is 12.6. The minimum absolute atomic E-state index is 0.129. The van der Waals surface area contributed by atoms with Crippen molar-refractivity contribution in [2.45, 2.75) is 0 Å². The molecule has 0 N–H and O–H groups in total. The van der Waals surface area contributed by atoms with Gasteiger partial charge in [0.05, 0.1) is 10.6 Å². The third-order valence-electron chi connectivity index (χ3n) is 1.11. The maximum Gasteiger partial charge on any atom is 0.140 e. The Kier molecular flexibility index (Phi) is 1.94. The lowest BCUT2D eigenvalue weighted by molar-refractivity contribution is 0.624. The van der Waals surface area contributed by atoms with Gasteiger partial charge in [0.2, 0.25) is 0 Å². The molecule has 0 aliphatic carbocycles. The van der Waals surface area contributed by atoms with Gasteiger partial charge in [-0.1, -0.05) is 23.6 Å². The smallest absolute Gasteiger partial charge is 0.140 e. The zero-order valence-electron chi connectivity index (χ0n) is 5.07. The van der Waals surface area contributed by atoms with Gasteiger partial charge in [0.1, 0.15) is 5.82 Å². The van der Waals surface area contributed by atoms with Gasteiger partial charge in [0.25, 0.3) is 0 Å². The highest BCUT2D eigenvalue weighted by Crippen LogP contribution is 2.16. The molecule has 0 aliphatic heterocycles. The molecule has 0 atom stereocenters. The molecule has 2 heteroatoms. The molecule has 0 nitrogen and oxygen atoms in total. The second-order valence-electron chi connectivity index (χ2n) is 1.74. The number of hydrogen-bond donors (Lipinski definition) is 0. The van der Waals surface area contributed by atoms with Crippen LogP contribution in [-0.2, 0) is 0 Å². The third-order valence-corrected chi connectivity index (χ3v) is 1.42. The number of halogens is 2. The summed E-state index contributed by atoms with van der Waals surface area (Å²) >= 11 is 5.55. The summed E-state index contributed by atoms with van der Waals surface area (Å²) in [6, 6.07) is 4.35. The molecule has 0 saturated heterocycles. The Hall–Kier alpha value is -1.00. The molecule has 0 amide bonds. The van der Waals surface area contributed by atoms with Crippen LogP contribution >= 0.6 is 11.6 Å². The van der Waals surface area contributed by atoms with Gasteiger partial charge in [-0.05, 0) is 12.1 Å². The van der Waals surface area contributed by atoms with Gasteiger partial charge in [-0.15, -0.1) is 6.42 Å². The van der Waals surface area contributed by atoms with E-state index in [1.807, 2.05) is 0 Å². The fourth-order valence-electron chi connectivity index (χ4n) is 0.636. The monoisotopic (exact) mass is 154 g/mol. The van der Waals surface area contributed by atoms with Gasteiger partial charge in [0.15, 0.2) is 0 Å². The molecule has 50 valence electrons. The van der Waals surface area contributed by atoms with Gasteiger partial charge < -0.3 is 0 Å². The Morgan fingerprint density at radius 3 is 2.60 bits per heavy atom. The Labute approximate surface area is 63.6 Å². The van der Waals surface area contributed by atoms with Crippen LogP contribution in [-0.4, -0.2) is 0 Å². The Balaban J connectivity index is 3.34. The topological polar surface area (TPSA) is 0 Å². The van der Waals surface area contributed by atoms with Crippen LogP contribution in [0.15, 0.2) is 18.2 Å². The molecule has 0 unspecified atom stereocenters. The van der Waals surface area contributed by atoms with Gasteiger partial charge in [0, 0.05) is 0 Å². The Bertz CT molecular complexity index is 266. The summed E-state index contributed by atoms with van der Waals surface area (Å²) in [5.41, 5.74) is 0.129. The molecule has 1 rings (SSSR count). The van der Waals surface area contributed by atoms with Crippen molar-refractivity contribution in [3.63, 3.8) is 0 Å². The minimum atomic E-state index is -0.449. The molecule has 0 aromatic heterocycles. The van der Waals surface area contributed by atoms with Crippen LogP contribution in [0.25, 0.3) is 0 Å². The molecule has 1 aromatic rings. The average molecular weight is 155 g/mol. The maximum atomic E-state index is 12.6. The lowest BCUT2D eigenvalue weighted by Gasteiger charge is -1.94. The van der Waals surface area contributed by atoms with E-state index in [2.05, 4.69) is 5.92 Å². The number of benzene rings is 1. The van der Waals surface area contributed by atoms with Crippen molar-refractivity contribution >= 4 is 11.6 Å². The normalized spacial score (nSPS) is 8.90. The summed E-state index contributed by atoms with van der Waals surface area (Å²) in [6.45, 7) is 0. The van der Waals surface area contributed by atoms with E-state index in [1.165, 1.54) is 12.1 Å². The lowest BCUT2D eigenvalue weighted by Crippen LogP contribution is -1.82. The van der Waals surface area contributed by atoms with Crippen molar-refractivity contribution in [3.8, 4) is 12.3 Å². The molecule has 0 aliphatic rings. The fourth-order valence-corrected chi connectivity index (χ4v) is 0.853. The molecular formula is C8H4ClF. The van der Waals surface area contributed by atoms with Gasteiger partial charge in [-0.25, -0.2) is 4.39 Å². The molecule has 0 bridgehead atoms. The van der Waals surface area contributed by atoms with E-state index in [1.54, 1.807) is 6.07 Å². The molecule has 0 heterocycles. The fraction of sp³-hybridized carbons (Fsp3) is 0. The zero-order chi connectivity index (χ0) is 7.56. The first-order chi connectivity index (χ1) is 4.75. The first kappa shape index (κ1) is 7.11. The first-order valence-corrected chi connectivity index (χ1v) is 3.04. The van der Waals surface area contributed by atoms with Gasteiger partial charge in [-0.3, -0.25) is 0 Å². The van der Waals surface area contributed by atoms with Crippen molar-refractivity contribution in [3.05, 3.63) is 34.6 Å². The molecule has 0 spiro atoms. The van der Waals surface area contributed by atoms with E-state index < -0.39 is 5.82 Å². The lowest BCUT2D eigenvalue weighted by atomic mass is 10.2. The van der Waals surface area contributed by atoms with Crippen LogP contribution in [0.2, 0.25) is 5.02 Å².